The number of nitrogens with one attached hydrogen (secondary N) is 1. The van der Waals surface area contributed by atoms with E-state index in [4.69, 9.17) is 0 Å². The summed E-state index contributed by atoms with van der Waals surface area (Å²) in [6.45, 7) is 7.06. The van der Waals surface area contributed by atoms with Crippen LogP contribution in [0.4, 0.5) is 5.69 Å². The van der Waals surface area contributed by atoms with Crippen LogP contribution >= 0.6 is 15.9 Å². The van der Waals surface area contributed by atoms with Crippen LogP contribution in [0.2, 0.25) is 0 Å². The maximum Gasteiger partial charge on any atom is 0.264 e. The Hall–Kier alpha value is -3.95. The Morgan fingerprint density at radius 1 is 0.818 bits per heavy atom. The van der Waals surface area contributed by atoms with E-state index in [1.807, 2.05) is 94.4 Å². The van der Waals surface area contributed by atoms with Gasteiger partial charge in [-0.1, -0.05) is 88.7 Å². The van der Waals surface area contributed by atoms with Crippen LogP contribution in [0.1, 0.15) is 36.1 Å². The molecule has 1 atom stereocenters. The lowest BCUT2D eigenvalue weighted by atomic mass is 10.0. The molecule has 0 saturated heterocycles. The standard InChI is InChI=1S/C35H38BrN3O4S/c1-25(2)37-35(41)33(22-28-11-7-5-8-12-28)38(23-29-17-19-30(36)20-18-29)34(40)24-39(32-21-26(3)15-16-27(32)4)44(42,43)31-13-9-6-10-14-31/h5-21,25,33H,22-24H2,1-4H3,(H,37,41)/t33-/m0/s1. The highest BCUT2D eigenvalue weighted by atomic mass is 79.9. The minimum absolute atomic E-state index is 0.0755. The second kappa shape index (κ2) is 14.7. The van der Waals surface area contributed by atoms with Gasteiger partial charge in [0.1, 0.15) is 12.6 Å². The molecule has 0 aromatic heterocycles. The molecule has 9 heteroatoms. The lowest BCUT2D eigenvalue weighted by Crippen LogP contribution is -2.54. The van der Waals surface area contributed by atoms with E-state index in [0.717, 1.165) is 21.2 Å². The molecule has 0 unspecified atom stereocenters. The number of aryl methyl sites for hydroxylation is 2. The van der Waals surface area contributed by atoms with Crippen LogP contribution in [-0.2, 0) is 32.6 Å². The van der Waals surface area contributed by atoms with Crippen molar-refractivity contribution in [3.63, 3.8) is 0 Å². The molecular weight excluding hydrogens is 638 g/mol. The highest BCUT2D eigenvalue weighted by Crippen LogP contribution is 2.29. The van der Waals surface area contributed by atoms with Crippen molar-refractivity contribution in [2.75, 3.05) is 10.8 Å². The fourth-order valence-electron chi connectivity index (χ4n) is 4.94. The molecule has 0 aliphatic heterocycles. The van der Waals surface area contributed by atoms with E-state index in [1.165, 1.54) is 21.3 Å². The number of anilines is 1. The molecule has 0 spiro atoms. The first-order chi connectivity index (χ1) is 21.0. The molecule has 7 nitrogen and oxygen atoms in total. The van der Waals surface area contributed by atoms with Gasteiger partial charge in [0.25, 0.3) is 10.0 Å². The normalized spacial score (nSPS) is 12.0. The van der Waals surface area contributed by atoms with Crippen molar-refractivity contribution in [1.82, 2.24) is 10.2 Å². The van der Waals surface area contributed by atoms with Crippen molar-refractivity contribution < 1.29 is 18.0 Å². The Bertz CT molecular complexity index is 1680. The van der Waals surface area contributed by atoms with E-state index in [-0.39, 0.29) is 29.8 Å². The van der Waals surface area contributed by atoms with Gasteiger partial charge in [-0.15, -0.1) is 0 Å². The summed E-state index contributed by atoms with van der Waals surface area (Å²) in [7, 11) is -4.15. The highest BCUT2D eigenvalue weighted by molar-refractivity contribution is 9.10. The first-order valence-corrected chi connectivity index (χ1v) is 16.7. The van der Waals surface area contributed by atoms with Crippen LogP contribution in [0.15, 0.2) is 112 Å². The third kappa shape index (κ3) is 8.36. The van der Waals surface area contributed by atoms with Gasteiger partial charge < -0.3 is 10.2 Å². The summed E-state index contributed by atoms with van der Waals surface area (Å²) < 4.78 is 30.4. The van der Waals surface area contributed by atoms with E-state index in [2.05, 4.69) is 21.2 Å². The van der Waals surface area contributed by atoms with E-state index in [9.17, 15) is 18.0 Å². The van der Waals surface area contributed by atoms with Gasteiger partial charge in [0, 0.05) is 23.5 Å². The summed E-state index contributed by atoms with van der Waals surface area (Å²) >= 11 is 3.46. The molecule has 4 rings (SSSR count). The molecule has 230 valence electrons. The maximum atomic E-state index is 14.5. The van der Waals surface area contributed by atoms with Crippen LogP contribution < -0.4 is 9.62 Å². The third-order valence-corrected chi connectivity index (χ3v) is 9.51. The SMILES string of the molecule is Cc1ccc(C)c(N(CC(=O)N(Cc2ccc(Br)cc2)[C@@H](Cc2ccccc2)C(=O)NC(C)C)S(=O)(=O)c2ccccc2)c1. The molecule has 44 heavy (non-hydrogen) atoms. The van der Waals surface area contributed by atoms with Crippen molar-refractivity contribution in [2.45, 2.75) is 57.6 Å². The molecule has 0 saturated carbocycles. The van der Waals surface area contributed by atoms with Gasteiger partial charge >= 0.3 is 0 Å². The minimum Gasteiger partial charge on any atom is -0.352 e. The zero-order chi connectivity index (χ0) is 31.9. The Kier molecular flexibility index (Phi) is 11.0. The fourth-order valence-corrected chi connectivity index (χ4v) is 6.70. The molecule has 4 aromatic rings. The Balaban J connectivity index is 1.82. The zero-order valence-electron chi connectivity index (χ0n) is 25.4. The molecule has 2 amide bonds. The number of hydrogen-bond donors (Lipinski definition) is 1. The first kappa shape index (κ1) is 33.0. The summed E-state index contributed by atoms with van der Waals surface area (Å²) in [5, 5.41) is 2.98. The second-order valence-corrected chi connectivity index (χ2v) is 13.9. The van der Waals surface area contributed by atoms with Gasteiger partial charge in [-0.25, -0.2) is 8.42 Å². The Labute approximate surface area is 269 Å². The minimum atomic E-state index is -4.15. The fraction of sp³-hybridized carbons (Fsp3) is 0.257. The van der Waals surface area contributed by atoms with Crippen LogP contribution in [-0.4, -0.2) is 43.8 Å². The molecule has 0 fully saturated rings. The molecule has 0 aliphatic rings. The number of rotatable bonds is 12. The molecular formula is C35H38BrN3O4S. The number of carbonyl (C=O) groups excluding carboxylic acids is 2. The van der Waals surface area contributed by atoms with Crippen molar-refractivity contribution in [3.8, 4) is 0 Å². The molecule has 0 heterocycles. The summed E-state index contributed by atoms with van der Waals surface area (Å²) in [4.78, 5) is 29.9. The van der Waals surface area contributed by atoms with Crippen LogP contribution in [0.3, 0.4) is 0 Å². The number of hydrogen-bond acceptors (Lipinski definition) is 4. The van der Waals surface area contributed by atoms with Gasteiger partial charge in [0.15, 0.2) is 0 Å². The van der Waals surface area contributed by atoms with Gasteiger partial charge in [-0.05, 0) is 80.3 Å². The highest BCUT2D eigenvalue weighted by Gasteiger charge is 2.35. The third-order valence-electron chi connectivity index (χ3n) is 7.21. The lowest BCUT2D eigenvalue weighted by Gasteiger charge is -2.34. The van der Waals surface area contributed by atoms with E-state index < -0.39 is 28.5 Å². The van der Waals surface area contributed by atoms with Crippen molar-refractivity contribution in [2.24, 2.45) is 0 Å². The number of amides is 2. The van der Waals surface area contributed by atoms with E-state index >= 15 is 0 Å². The Morgan fingerprint density at radius 2 is 1.43 bits per heavy atom. The molecule has 1 N–H and O–H groups in total. The van der Waals surface area contributed by atoms with Crippen molar-refractivity contribution in [3.05, 3.63) is 130 Å². The summed E-state index contributed by atoms with van der Waals surface area (Å²) in [5.41, 5.74) is 3.67. The average Bonchev–Trinajstić information content (AvgIpc) is 3.00. The first-order valence-electron chi connectivity index (χ1n) is 14.5. The topological polar surface area (TPSA) is 86.8 Å². The largest absolute Gasteiger partial charge is 0.352 e. The monoisotopic (exact) mass is 675 g/mol. The maximum absolute atomic E-state index is 14.5. The molecule has 0 radical (unpaired) electrons. The predicted molar refractivity (Wildman–Crippen MR) is 179 cm³/mol. The quantitative estimate of drug-likeness (QED) is 0.188. The van der Waals surface area contributed by atoms with Crippen molar-refractivity contribution >= 4 is 43.5 Å². The summed E-state index contributed by atoms with van der Waals surface area (Å²) in [5.74, 6) is -0.799. The lowest BCUT2D eigenvalue weighted by molar-refractivity contribution is -0.140. The Morgan fingerprint density at radius 3 is 2.05 bits per heavy atom. The smallest absolute Gasteiger partial charge is 0.264 e. The van der Waals surface area contributed by atoms with Crippen LogP contribution in [0.5, 0.6) is 0 Å². The number of nitrogens with zero attached hydrogens (tertiary/aromatic N) is 2. The van der Waals surface area contributed by atoms with Gasteiger partial charge in [-0.2, -0.15) is 0 Å². The van der Waals surface area contributed by atoms with Gasteiger partial charge in [-0.3, -0.25) is 13.9 Å². The second-order valence-electron chi connectivity index (χ2n) is 11.1. The summed E-state index contributed by atoms with van der Waals surface area (Å²) in [6, 6.07) is 29.6. The van der Waals surface area contributed by atoms with Crippen molar-refractivity contribution in [1.29, 1.82) is 0 Å². The van der Waals surface area contributed by atoms with E-state index in [1.54, 1.807) is 24.3 Å². The number of carbonyl (C=O) groups is 2. The predicted octanol–water partition coefficient (Wildman–Crippen LogP) is 6.43. The van der Waals surface area contributed by atoms with Gasteiger partial charge in [0.2, 0.25) is 11.8 Å². The number of benzene rings is 4. The number of halogens is 1. The molecule has 0 aliphatic carbocycles. The molecule has 4 aromatic carbocycles. The van der Waals surface area contributed by atoms with Crippen LogP contribution in [0.25, 0.3) is 0 Å². The zero-order valence-corrected chi connectivity index (χ0v) is 27.8. The van der Waals surface area contributed by atoms with Gasteiger partial charge in [0.05, 0.1) is 10.6 Å². The van der Waals surface area contributed by atoms with Crippen LogP contribution in [0, 0.1) is 13.8 Å². The number of sulfonamides is 1. The van der Waals surface area contributed by atoms with E-state index in [0.29, 0.717) is 11.3 Å². The average molecular weight is 677 g/mol. The summed E-state index contributed by atoms with van der Waals surface area (Å²) in [6.07, 6.45) is 0.260. The molecule has 0 bridgehead atoms.